The van der Waals surface area contributed by atoms with Crippen LogP contribution in [0.5, 0.6) is 0 Å². The molecule has 0 bridgehead atoms. The minimum atomic E-state index is 0.330. The number of allylic oxidation sites excluding steroid dienone is 3. The van der Waals surface area contributed by atoms with E-state index in [1.54, 1.807) is 19.5 Å². The van der Waals surface area contributed by atoms with Crippen molar-refractivity contribution in [3.05, 3.63) is 41.9 Å². The number of rotatable bonds is 3. The second kappa shape index (κ2) is 6.27. The summed E-state index contributed by atoms with van der Waals surface area (Å²) in [5.74, 6) is 0.594. The summed E-state index contributed by atoms with van der Waals surface area (Å²) in [4.78, 5) is 11.9. The van der Waals surface area contributed by atoms with Gasteiger partial charge in [-0.15, -0.1) is 0 Å². The first kappa shape index (κ1) is 16.5. The zero-order valence-corrected chi connectivity index (χ0v) is 14.9. The molecule has 2 aromatic rings. The first-order valence-corrected chi connectivity index (χ1v) is 8.46. The van der Waals surface area contributed by atoms with Gasteiger partial charge in [0.25, 0.3) is 0 Å². The van der Waals surface area contributed by atoms with Gasteiger partial charge in [-0.3, -0.25) is 4.99 Å². The Morgan fingerprint density at radius 2 is 2.25 bits per heavy atom. The molecule has 4 heteroatoms. The zero-order chi connectivity index (χ0) is 17.3. The third kappa shape index (κ3) is 3.14. The topological polar surface area (TPSA) is 67.1 Å². The second-order valence-electron chi connectivity index (χ2n) is 7.55. The molecule has 126 valence electrons. The van der Waals surface area contributed by atoms with Crippen LogP contribution in [0.3, 0.4) is 0 Å². The summed E-state index contributed by atoms with van der Waals surface area (Å²) in [6.07, 6.45) is 12.0. The fraction of sp³-hybridized carbons (Fsp3) is 0.400. The Labute approximate surface area is 143 Å². The van der Waals surface area contributed by atoms with Crippen LogP contribution >= 0.6 is 0 Å². The molecule has 0 radical (unpaired) electrons. The van der Waals surface area contributed by atoms with Crippen LogP contribution in [0.15, 0.2) is 35.7 Å². The number of nitrogens with two attached hydrogens (primary N) is 1. The Kier molecular flexibility index (Phi) is 4.31. The molecule has 2 aromatic heterocycles. The summed E-state index contributed by atoms with van der Waals surface area (Å²) in [6, 6.07) is 2.22. The zero-order valence-electron chi connectivity index (χ0n) is 14.9. The quantitative estimate of drug-likeness (QED) is 0.822. The minimum Gasteiger partial charge on any atom is -0.404 e. The first-order valence-electron chi connectivity index (χ1n) is 8.46. The maximum Gasteiger partial charge on any atom is 0.137 e. The molecule has 0 fully saturated rings. The van der Waals surface area contributed by atoms with E-state index in [0.29, 0.717) is 11.3 Å². The molecular formula is C20H26N4. The molecule has 1 aliphatic rings. The van der Waals surface area contributed by atoms with Gasteiger partial charge in [-0.2, -0.15) is 0 Å². The molecule has 3 rings (SSSR count). The van der Waals surface area contributed by atoms with Crippen molar-refractivity contribution in [3.8, 4) is 0 Å². The lowest BCUT2D eigenvalue weighted by molar-refractivity contribution is 0.296. The molecule has 1 unspecified atom stereocenters. The molecule has 0 aliphatic heterocycles. The van der Waals surface area contributed by atoms with E-state index in [0.717, 1.165) is 28.6 Å². The van der Waals surface area contributed by atoms with Crippen molar-refractivity contribution in [1.29, 1.82) is 0 Å². The van der Waals surface area contributed by atoms with E-state index >= 15 is 0 Å². The molecule has 0 saturated heterocycles. The van der Waals surface area contributed by atoms with Crippen molar-refractivity contribution in [1.82, 2.24) is 9.97 Å². The van der Waals surface area contributed by atoms with Gasteiger partial charge in [-0.05, 0) is 41.4 Å². The average Bonchev–Trinajstić information content (AvgIpc) is 2.93. The van der Waals surface area contributed by atoms with Crippen molar-refractivity contribution in [3.63, 3.8) is 0 Å². The van der Waals surface area contributed by atoms with E-state index in [1.165, 1.54) is 17.6 Å². The molecule has 24 heavy (non-hydrogen) atoms. The van der Waals surface area contributed by atoms with E-state index < -0.39 is 0 Å². The first-order chi connectivity index (χ1) is 11.4. The third-order valence-electron chi connectivity index (χ3n) is 4.69. The normalized spacial score (nSPS) is 21.4. The van der Waals surface area contributed by atoms with E-state index in [-0.39, 0.29) is 0 Å². The molecule has 4 nitrogen and oxygen atoms in total. The van der Waals surface area contributed by atoms with Crippen molar-refractivity contribution < 1.29 is 0 Å². The van der Waals surface area contributed by atoms with Crippen LogP contribution in [0, 0.1) is 11.3 Å². The number of aromatic amines is 1. The fourth-order valence-corrected chi connectivity index (χ4v) is 3.88. The van der Waals surface area contributed by atoms with Gasteiger partial charge in [0.2, 0.25) is 0 Å². The molecule has 1 aliphatic carbocycles. The number of aliphatic imine (C=N–C) groups is 1. The van der Waals surface area contributed by atoms with Crippen LogP contribution in [0.4, 0.5) is 0 Å². The molecule has 3 N–H and O–H groups in total. The summed E-state index contributed by atoms with van der Waals surface area (Å²) < 4.78 is 0. The lowest BCUT2D eigenvalue weighted by Gasteiger charge is -2.33. The van der Waals surface area contributed by atoms with E-state index in [9.17, 15) is 0 Å². The molecule has 2 heterocycles. The molecule has 0 aromatic carbocycles. The monoisotopic (exact) mass is 322 g/mol. The lowest BCUT2D eigenvalue weighted by Crippen LogP contribution is -2.20. The molecular weight excluding hydrogens is 296 g/mol. The van der Waals surface area contributed by atoms with Crippen LogP contribution in [-0.4, -0.2) is 23.2 Å². The van der Waals surface area contributed by atoms with Gasteiger partial charge in [0.1, 0.15) is 5.65 Å². The number of nitrogens with one attached hydrogen (secondary N) is 1. The van der Waals surface area contributed by atoms with Crippen molar-refractivity contribution in [2.75, 3.05) is 7.05 Å². The average molecular weight is 322 g/mol. The van der Waals surface area contributed by atoms with Gasteiger partial charge in [-0.25, -0.2) is 4.98 Å². The fourth-order valence-electron chi connectivity index (χ4n) is 3.88. The summed E-state index contributed by atoms with van der Waals surface area (Å²) in [5.41, 5.74) is 11.5. The predicted molar refractivity (Wildman–Crippen MR) is 103 cm³/mol. The van der Waals surface area contributed by atoms with Gasteiger partial charge in [0.05, 0.1) is 0 Å². The van der Waals surface area contributed by atoms with Crippen LogP contribution in [-0.2, 0) is 0 Å². The Balaban J connectivity index is 2.08. The van der Waals surface area contributed by atoms with Crippen LogP contribution in [0.2, 0.25) is 0 Å². The van der Waals surface area contributed by atoms with Crippen LogP contribution < -0.4 is 5.73 Å². The Bertz CT molecular complexity index is 836. The molecule has 0 amide bonds. The highest BCUT2D eigenvalue weighted by molar-refractivity contribution is 6.14. The Morgan fingerprint density at radius 3 is 2.92 bits per heavy atom. The summed E-state index contributed by atoms with van der Waals surface area (Å²) in [5, 5.41) is 1.08. The van der Waals surface area contributed by atoms with Crippen molar-refractivity contribution >= 4 is 28.4 Å². The largest absolute Gasteiger partial charge is 0.404 e. The summed E-state index contributed by atoms with van der Waals surface area (Å²) in [6.45, 7) is 6.98. The van der Waals surface area contributed by atoms with Gasteiger partial charge in [-0.1, -0.05) is 26.8 Å². The SMILES string of the molecule is CN=C/C(=C\N)c1c[nH]c2ncc(C3=CC(C)CC(C)(C)C3)cc12. The van der Waals surface area contributed by atoms with Gasteiger partial charge in [0, 0.05) is 48.4 Å². The maximum atomic E-state index is 5.78. The molecule has 0 saturated carbocycles. The number of hydrogen-bond donors (Lipinski definition) is 2. The van der Waals surface area contributed by atoms with Crippen molar-refractivity contribution in [2.45, 2.75) is 33.6 Å². The highest BCUT2D eigenvalue weighted by atomic mass is 14.8. The minimum absolute atomic E-state index is 0.330. The number of hydrogen-bond acceptors (Lipinski definition) is 3. The molecule has 1 atom stereocenters. The standard InChI is InChI=1S/C20H26N4/c1-13-5-14(8-20(2,3)7-13)15-6-17-18(16(9-21)10-22-4)12-24-19(17)23-11-15/h5-6,9-13H,7-8,21H2,1-4H3,(H,23,24)/b16-9+,22-10?. The number of fused-ring (bicyclic) bond motifs is 1. The molecule has 0 spiro atoms. The number of pyridine rings is 1. The van der Waals surface area contributed by atoms with Crippen molar-refractivity contribution in [2.24, 2.45) is 22.1 Å². The highest BCUT2D eigenvalue weighted by Gasteiger charge is 2.27. The van der Waals surface area contributed by atoms with E-state index in [1.807, 2.05) is 12.4 Å². The third-order valence-corrected chi connectivity index (χ3v) is 4.69. The highest BCUT2D eigenvalue weighted by Crippen LogP contribution is 2.42. The second-order valence-corrected chi connectivity index (χ2v) is 7.55. The number of nitrogens with zero attached hydrogens (tertiary/aromatic N) is 2. The lowest BCUT2D eigenvalue weighted by atomic mass is 9.72. The summed E-state index contributed by atoms with van der Waals surface area (Å²) >= 11 is 0. The van der Waals surface area contributed by atoms with E-state index in [2.05, 4.69) is 47.9 Å². The van der Waals surface area contributed by atoms with Gasteiger partial charge in [0.15, 0.2) is 0 Å². The number of aromatic nitrogens is 2. The van der Waals surface area contributed by atoms with Crippen LogP contribution in [0.1, 0.15) is 44.7 Å². The Morgan fingerprint density at radius 1 is 1.46 bits per heavy atom. The van der Waals surface area contributed by atoms with Crippen LogP contribution in [0.25, 0.3) is 22.2 Å². The smallest absolute Gasteiger partial charge is 0.137 e. The predicted octanol–water partition coefficient (Wildman–Crippen LogP) is 4.40. The van der Waals surface area contributed by atoms with E-state index in [4.69, 9.17) is 5.73 Å². The number of H-pyrrole nitrogens is 1. The van der Waals surface area contributed by atoms with Gasteiger partial charge < -0.3 is 10.7 Å². The Hall–Kier alpha value is -2.36. The summed E-state index contributed by atoms with van der Waals surface area (Å²) in [7, 11) is 1.75. The van der Waals surface area contributed by atoms with Gasteiger partial charge >= 0.3 is 0 Å². The maximum absolute atomic E-state index is 5.78.